The van der Waals surface area contributed by atoms with E-state index in [1.165, 1.54) is 24.0 Å². The lowest BCUT2D eigenvalue weighted by molar-refractivity contribution is -0.135. The summed E-state index contributed by atoms with van der Waals surface area (Å²) in [5.41, 5.74) is 1.19. The molecule has 0 aliphatic carbocycles. The van der Waals surface area contributed by atoms with E-state index in [2.05, 4.69) is 0 Å². The third-order valence-electron chi connectivity index (χ3n) is 4.15. The molecule has 0 atom stereocenters. The van der Waals surface area contributed by atoms with Crippen LogP contribution in [0, 0.1) is 0 Å². The van der Waals surface area contributed by atoms with Gasteiger partial charge in [-0.25, -0.2) is 4.79 Å². The molecule has 0 aliphatic heterocycles. The highest BCUT2D eigenvalue weighted by atomic mass is 35.5. The van der Waals surface area contributed by atoms with Gasteiger partial charge in [-0.2, -0.15) is 0 Å². The lowest BCUT2D eigenvalue weighted by Crippen LogP contribution is -2.35. The summed E-state index contributed by atoms with van der Waals surface area (Å²) in [6.45, 7) is 1.36. The first-order valence-corrected chi connectivity index (χ1v) is 10.0. The Kier molecular flexibility index (Phi) is 8.78. The Hall–Kier alpha value is -1.89. The molecule has 0 saturated carbocycles. The summed E-state index contributed by atoms with van der Waals surface area (Å²) in [7, 11) is 1.52. The van der Waals surface area contributed by atoms with Gasteiger partial charge in [0.25, 0.3) is 0 Å². The summed E-state index contributed by atoms with van der Waals surface area (Å²) in [5, 5.41) is 9.70. The molecule has 0 aliphatic rings. The van der Waals surface area contributed by atoms with Crippen molar-refractivity contribution in [2.24, 2.45) is 0 Å². The number of aromatic carboxylic acids is 1. The Morgan fingerprint density at radius 1 is 1.07 bits per heavy atom. The number of aryl methyl sites for hydroxylation is 2. The van der Waals surface area contributed by atoms with Gasteiger partial charge in [0.05, 0.1) is 0 Å². The molecule has 27 heavy (non-hydrogen) atoms. The van der Waals surface area contributed by atoms with Crippen molar-refractivity contribution in [3.05, 3.63) is 56.7 Å². The summed E-state index contributed by atoms with van der Waals surface area (Å²) in [5.74, 6) is -0.920. The molecule has 1 heterocycles. The number of amides is 1. The van der Waals surface area contributed by atoms with E-state index in [-0.39, 0.29) is 12.5 Å². The van der Waals surface area contributed by atoms with E-state index in [9.17, 15) is 9.59 Å². The van der Waals surface area contributed by atoms with Crippen LogP contribution in [0.4, 0.5) is 0 Å². The minimum atomic E-state index is -0.898. The van der Waals surface area contributed by atoms with Crippen molar-refractivity contribution >= 4 is 34.8 Å². The maximum Gasteiger partial charge on any atom is 0.345 e. The lowest BCUT2D eigenvalue weighted by atomic mass is 10.1. The average molecular weight is 410 g/mol. The first kappa shape index (κ1) is 21.4. The molecule has 0 bridgehead atoms. The molecule has 1 amide bonds. The fourth-order valence-corrected chi connectivity index (χ4v) is 3.79. The largest absolute Gasteiger partial charge is 0.477 e. The van der Waals surface area contributed by atoms with E-state index in [0.717, 1.165) is 35.6 Å². The quantitative estimate of drug-likeness (QED) is 0.605. The molecule has 0 unspecified atom stereocenters. The molecule has 5 nitrogen and oxygen atoms in total. The maximum absolute atomic E-state index is 12.3. The predicted molar refractivity (Wildman–Crippen MR) is 108 cm³/mol. The lowest BCUT2D eigenvalue weighted by Gasteiger charge is -2.22. The summed E-state index contributed by atoms with van der Waals surface area (Å²) < 4.78 is 4.99. The monoisotopic (exact) mass is 409 g/mol. The molecule has 0 spiro atoms. The predicted octanol–water partition coefficient (Wildman–Crippen LogP) is 4.14. The van der Waals surface area contributed by atoms with Gasteiger partial charge < -0.3 is 14.7 Å². The summed E-state index contributed by atoms with van der Waals surface area (Å²) in [6.07, 6.45) is 3.28. The van der Waals surface area contributed by atoms with Crippen LogP contribution in [0.15, 0.2) is 36.4 Å². The molecule has 0 radical (unpaired) electrons. The Bertz CT molecular complexity index is 745. The molecule has 0 saturated heterocycles. The molecular weight excluding hydrogens is 386 g/mol. The van der Waals surface area contributed by atoms with Gasteiger partial charge in [-0.1, -0.05) is 23.7 Å². The van der Waals surface area contributed by atoms with Crippen molar-refractivity contribution in [2.45, 2.75) is 25.7 Å². The standard InChI is InChI=1S/C20H24ClNO4S/c1-26-14-19(23)22(12-2-4-15-6-8-16(21)9-7-15)13-3-5-17-10-11-18(27-17)20(24)25/h6-11H,2-5,12-14H2,1H3,(H,24,25). The van der Waals surface area contributed by atoms with E-state index in [0.29, 0.717) is 18.0 Å². The average Bonchev–Trinajstić information content (AvgIpc) is 3.11. The number of ether oxygens (including phenoxy) is 1. The van der Waals surface area contributed by atoms with Crippen LogP contribution in [0.25, 0.3) is 0 Å². The molecule has 0 fully saturated rings. The van der Waals surface area contributed by atoms with Crippen LogP contribution in [-0.2, 0) is 22.4 Å². The summed E-state index contributed by atoms with van der Waals surface area (Å²) in [6, 6.07) is 11.2. The van der Waals surface area contributed by atoms with Crippen LogP contribution < -0.4 is 0 Å². The number of carboxylic acids is 1. The van der Waals surface area contributed by atoms with Crippen LogP contribution >= 0.6 is 22.9 Å². The zero-order chi connectivity index (χ0) is 19.6. The minimum absolute atomic E-state index is 0.0222. The number of thiophene rings is 1. The van der Waals surface area contributed by atoms with E-state index in [1.54, 1.807) is 6.07 Å². The highest BCUT2D eigenvalue weighted by Gasteiger charge is 2.13. The van der Waals surface area contributed by atoms with Crippen LogP contribution in [0.1, 0.15) is 33.0 Å². The van der Waals surface area contributed by atoms with Gasteiger partial charge in [-0.05, 0) is 55.5 Å². The van der Waals surface area contributed by atoms with Gasteiger partial charge in [0.15, 0.2) is 0 Å². The van der Waals surface area contributed by atoms with Gasteiger partial charge in [0, 0.05) is 30.1 Å². The SMILES string of the molecule is COCC(=O)N(CCCc1ccc(Cl)cc1)CCCc1ccc(C(=O)O)s1. The Balaban J connectivity index is 1.82. The van der Waals surface area contributed by atoms with E-state index in [4.69, 9.17) is 21.4 Å². The van der Waals surface area contributed by atoms with Gasteiger partial charge >= 0.3 is 5.97 Å². The number of carboxylic acid groups (broad SMARTS) is 1. The number of hydrogen-bond acceptors (Lipinski definition) is 4. The molecule has 146 valence electrons. The Morgan fingerprint density at radius 3 is 2.33 bits per heavy atom. The van der Waals surface area contributed by atoms with Crippen LogP contribution in [-0.4, -0.2) is 48.7 Å². The van der Waals surface area contributed by atoms with Crippen molar-refractivity contribution in [3.63, 3.8) is 0 Å². The smallest absolute Gasteiger partial charge is 0.345 e. The number of nitrogens with zero attached hydrogens (tertiary/aromatic N) is 1. The number of carbonyl (C=O) groups is 2. The number of hydrogen-bond donors (Lipinski definition) is 1. The number of benzene rings is 1. The molecule has 1 aromatic carbocycles. The third kappa shape index (κ3) is 7.33. The number of carbonyl (C=O) groups excluding carboxylic acids is 1. The van der Waals surface area contributed by atoms with Crippen LogP contribution in [0.3, 0.4) is 0 Å². The van der Waals surface area contributed by atoms with Gasteiger partial charge in [0.1, 0.15) is 11.5 Å². The zero-order valence-electron chi connectivity index (χ0n) is 15.3. The second-order valence-electron chi connectivity index (χ2n) is 6.22. The van der Waals surface area contributed by atoms with E-state index >= 15 is 0 Å². The van der Waals surface area contributed by atoms with Crippen molar-refractivity contribution in [1.82, 2.24) is 4.90 Å². The van der Waals surface area contributed by atoms with Crippen molar-refractivity contribution in [2.75, 3.05) is 26.8 Å². The molecule has 7 heteroatoms. The molecule has 2 rings (SSSR count). The number of halogens is 1. The van der Waals surface area contributed by atoms with Crippen molar-refractivity contribution < 1.29 is 19.4 Å². The fourth-order valence-electron chi connectivity index (χ4n) is 2.77. The van der Waals surface area contributed by atoms with Gasteiger partial charge in [-0.15, -0.1) is 11.3 Å². The van der Waals surface area contributed by atoms with Gasteiger partial charge in [-0.3, -0.25) is 4.79 Å². The van der Waals surface area contributed by atoms with Crippen molar-refractivity contribution in [1.29, 1.82) is 0 Å². The topological polar surface area (TPSA) is 66.8 Å². The van der Waals surface area contributed by atoms with Crippen LogP contribution in [0.2, 0.25) is 5.02 Å². The zero-order valence-corrected chi connectivity index (χ0v) is 16.9. The number of methoxy groups -OCH3 is 1. The number of rotatable bonds is 11. The van der Waals surface area contributed by atoms with Crippen molar-refractivity contribution in [3.8, 4) is 0 Å². The second-order valence-corrected chi connectivity index (χ2v) is 7.82. The molecule has 2 aromatic rings. The third-order valence-corrected chi connectivity index (χ3v) is 5.54. The van der Waals surface area contributed by atoms with Crippen LogP contribution in [0.5, 0.6) is 0 Å². The second kappa shape index (κ2) is 11.1. The minimum Gasteiger partial charge on any atom is -0.477 e. The van der Waals surface area contributed by atoms with E-state index < -0.39 is 5.97 Å². The molecular formula is C20H24ClNO4S. The summed E-state index contributed by atoms with van der Waals surface area (Å²) in [4.78, 5) is 26.4. The normalized spacial score (nSPS) is 10.7. The summed E-state index contributed by atoms with van der Waals surface area (Å²) >= 11 is 7.19. The Morgan fingerprint density at radius 2 is 1.74 bits per heavy atom. The molecule has 1 N–H and O–H groups in total. The highest BCUT2D eigenvalue weighted by molar-refractivity contribution is 7.13. The molecule has 1 aromatic heterocycles. The highest BCUT2D eigenvalue weighted by Crippen LogP contribution is 2.18. The fraction of sp³-hybridized carbons (Fsp3) is 0.400. The van der Waals surface area contributed by atoms with Gasteiger partial charge in [0.2, 0.25) is 5.91 Å². The van der Waals surface area contributed by atoms with E-state index in [1.807, 2.05) is 35.2 Å². The first-order chi connectivity index (χ1) is 13.0. The maximum atomic E-state index is 12.3. The Labute approximate surface area is 168 Å². The first-order valence-electron chi connectivity index (χ1n) is 8.82.